The third-order valence-corrected chi connectivity index (χ3v) is 4.48. The summed E-state index contributed by atoms with van der Waals surface area (Å²) in [6, 6.07) is 12.4. The van der Waals surface area contributed by atoms with Gasteiger partial charge in [0, 0.05) is 25.1 Å². The Morgan fingerprint density at radius 2 is 2.05 bits per heavy atom. The Balaban J connectivity index is 1.88. The summed E-state index contributed by atoms with van der Waals surface area (Å²) < 4.78 is 0. The lowest BCUT2D eigenvalue weighted by Crippen LogP contribution is -2.32. The van der Waals surface area contributed by atoms with Crippen molar-refractivity contribution in [2.75, 3.05) is 13.1 Å². The first-order chi connectivity index (χ1) is 9.84. The number of phenolic OH excluding ortho intramolecular Hbond substituents is 1. The molecule has 0 radical (unpaired) electrons. The molecule has 1 N–H and O–H groups in total. The van der Waals surface area contributed by atoms with Crippen LogP contribution < -0.4 is 0 Å². The number of aromatic hydroxyl groups is 1. The maximum atomic E-state index is 10.4. The van der Waals surface area contributed by atoms with Gasteiger partial charge in [-0.15, -0.1) is 0 Å². The monoisotopic (exact) mass is 266 g/mol. The van der Waals surface area contributed by atoms with Gasteiger partial charge in [-0.2, -0.15) is 0 Å². The minimum Gasteiger partial charge on any atom is -0.508 e. The third-order valence-electron chi connectivity index (χ3n) is 4.48. The molecule has 0 aromatic heterocycles. The lowest BCUT2D eigenvalue weighted by atomic mass is 9.96. The highest BCUT2D eigenvalue weighted by Crippen LogP contribution is 2.42. The number of hydrogen-bond acceptors (Lipinski definition) is 3. The number of aliphatic imine (C=N–C) groups is 1. The fourth-order valence-electron chi connectivity index (χ4n) is 3.58. The van der Waals surface area contributed by atoms with Gasteiger partial charge in [0.15, 0.2) is 0 Å². The molecule has 1 saturated heterocycles. The zero-order valence-corrected chi connectivity index (χ0v) is 11.4. The third kappa shape index (κ3) is 1.69. The first kappa shape index (κ1) is 11.8. The van der Waals surface area contributed by atoms with Crippen LogP contribution in [0.2, 0.25) is 0 Å². The SMILES string of the molecule is Oc1ccc2ccccc2c1C1CCC2=NCCCN21. The number of benzene rings is 2. The van der Waals surface area contributed by atoms with Gasteiger partial charge in [-0.25, -0.2) is 0 Å². The topological polar surface area (TPSA) is 35.8 Å². The smallest absolute Gasteiger partial charge is 0.121 e. The second-order valence-electron chi connectivity index (χ2n) is 5.62. The summed E-state index contributed by atoms with van der Waals surface area (Å²) in [7, 11) is 0. The molecule has 2 aliphatic heterocycles. The highest BCUT2D eigenvalue weighted by molar-refractivity contribution is 5.91. The van der Waals surface area contributed by atoms with E-state index in [-0.39, 0.29) is 6.04 Å². The number of phenols is 1. The Hall–Kier alpha value is -2.03. The summed E-state index contributed by atoms with van der Waals surface area (Å²) in [5.74, 6) is 1.65. The quantitative estimate of drug-likeness (QED) is 0.857. The lowest BCUT2D eigenvalue weighted by Gasteiger charge is -2.30. The predicted molar refractivity (Wildman–Crippen MR) is 81.2 cm³/mol. The molecule has 2 heterocycles. The molecule has 0 amide bonds. The van der Waals surface area contributed by atoms with E-state index in [1.807, 2.05) is 24.3 Å². The standard InChI is InChI=1S/C17H18N2O/c20-15-8-6-12-4-1-2-5-13(12)17(15)14-7-9-16-18-10-3-11-19(14)16/h1-2,4-6,8,14,20H,3,7,9-11H2. The molecule has 3 heteroatoms. The molecule has 2 aliphatic rings. The van der Waals surface area contributed by atoms with Gasteiger partial charge in [0.1, 0.15) is 5.75 Å². The van der Waals surface area contributed by atoms with E-state index < -0.39 is 0 Å². The number of rotatable bonds is 1. The van der Waals surface area contributed by atoms with E-state index in [0.717, 1.165) is 37.9 Å². The van der Waals surface area contributed by atoms with Crippen LogP contribution in [0.4, 0.5) is 0 Å². The lowest BCUT2D eigenvalue weighted by molar-refractivity contribution is 0.321. The molecule has 0 bridgehead atoms. The van der Waals surface area contributed by atoms with Crippen molar-refractivity contribution in [2.24, 2.45) is 4.99 Å². The van der Waals surface area contributed by atoms with Crippen LogP contribution in [0.15, 0.2) is 41.4 Å². The fraction of sp³-hybridized carbons (Fsp3) is 0.353. The molecule has 1 fully saturated rings. The molecule has 0 saturated carbocycles. The van der Waals surface area contributed by atoms with E-state index in [4.69, 9.17) is 0 Å². The van der Waals surface area contributed by atoms with Crippen LogP contribution in [0.25, 0.3) is 10.8 Å². The van der Waals surface area contributed by atoms with Crippen LogP contribution in [-0.2, 0) is 0 Å². The molecule has 2 aromatic rings. The van der Waals surface area contributed by atoms with E-state index in [1.165, 1.54) is 16.6 Å². The van der Waals surface area contributed by atoms with Gasteiger partial charge in [0.05, 0.1) is 11.9 Å². The van der Waals surface area contributed by atoms with Gasteiger partial charge in [-0.3, -0.25) is 4.99 Å². The van der Waals surface area contributed by atoms with Crippen LogP contribution >= 0.6 is 0 Å². The first-order valence-corrected chi connectivity index (χ1v) is 7.35. The Kier molecular flexibility index (Phi) is 2.66. The number of nitrogens with zero attached hydrogens (tertiary/aromatic N) is 2. The molecule has 1 unspecified atom stereocenters. The molecule has 4 rings (SSSR count). The van der Waals surface area contributed by atoms with E-state index in [1.54, 1.807) is 0 Å². The summed E-state index contributed by atoms with van der Waals surface area (Å²) in [6.45, 7) is 2.02. The Morgan fingerprint density at radius 3 is 3.00 bits per heavy atom. The average Bonchev–Trinajstić information content (AvgIpc) is 2.91. The minimum atomic E-state index is 0.278. The molecule has 3 nitrogen and oxygen atoms in total. The van der Waals surface area contributed by atoms with Crippen LogP contribution in [0, 0.1) is 0 Å². The number of hydrogen-bond donors (Lipinski definition) is 1. The summed E-state index contributed by atoms with van der Waals surface area (Å²) >= 11 is 0. The van der Waals surface area contributed by atoms with Gasteiger partial charge in [-0.05, 0) is 29.7 Å². The van der Waals surface area contributed by atoms with E-state index >= 15 is 0 Å². The zero-order valence-electron chi connectivity index (χ0n) is 11.4. The summed E-state index contributed by atoms with van der Waals surface area (Å²) in [5.41, 5.74) is 1.08. The average molecular weight is 266 g/mol. The van der Waals surface area contributed by atoms with E-state index in [2.05, 4.69) is 22.0 Å². The van der Waals surface area contributed by atoms with E-state index in [0.29, 0.717) is 5.75 Å². The normalized spacial score (nSPS) is 21.9. The molecule has 0 spiro atoms. The second-order valence-corrected chi connectivity index (χ2v) is 5.62. The van der Waals surface area contributed by atoms with Crippen LogP contribution in [0.5, 0.6) is 5.75 Å². The van der Waals surface area contributed by atoms with Crippen molar-refractivity contribution < 1.29 is 5.11 Å². The van der Waals surface area contributed by atoms with Crippen molar-refractivity contribution in [1.82, 2.24) is 4.90 Å². The molecular weight excluding hydrogens is 248 g/mol. The number of amidine groups is 1. The van der Waals surface area contributed by atoms with Gasteiger partial charge < -0.3 is 10.0 Å². The van der Waals surface area contributed by atoms with Crippen LogP contribution in [-0.4, -0.2) is 28.9 Å². The molecular formula is C17H18N2O. The fourth-order valence-corrected chi connectivity index (χ4v) is 3.58. The van der Waals surface area contributed by atoms with Gasteiger partial charge in [0.2, 0.25) is 0 Å². The first-order valence-electron chi connectivity index (χ1n) is 7.35. The zero-order chi connectivity index (χ0) is 13.5. The maximum Gasteiger partial charge on any atom is 0.121 e. The van der Waals surface area contributed by atoms with Gasteiger partial charge in [0.25, 0.3) is 0 Å². The Morgan fingerprint density at radius 1 is 1.15 bits per heavy atom. The van der Waals surface area contributed by atoms with E-state index in [9.17, 15) is 5.11 Å². The van der Waals surface area contributed by atoms with Crippen LogP contribution in [0.1, 0.15) is 30.9 Å². The van der Waals surface area contributed by atoms with Gasteiger partial charge >= 0.3 is 0 Å². The molecule has 2 aromatic carbocycles. The van der Waals surface area contributed by atoms with Crippen molar-refractivity contribution in [1.29, 1.82) is 0 Å². The molecule has 0 aliphatic carbocycles. The number of fused-ring (bicyclic) bond motifs is 2. The molecule has 20 heavy (non-hydrogen) atoms. The summed E-state index contributed by atoms with van der Waals surface area (Å²) in [4.78, 5) is 7.03. The van der Waals surface area contributed by atoms with Gasteiger partial charge in [-0.1, -0.05) is 30.3 Å². The second kappa shape index (κ2) is 4.51. The highest BCUT2D eigenvalue weighted by Gasteiger charge is 2.33. The van der Waals surface area contributed by atoms with Crippen molar-refractivity contribution in [3.63, 3.8) is 0 Å². The van der Waals surface area contributed by atoms with Crippen molar-refractivity contribution in [3.8, 4) is 5.75 Å². The van der Waals surface area contributed by atoms with Crippen molar-refractivity contribution >= 4 is 16.6 Å². The summed E-state index contributed by atoms with van der Waals surface area (Å²) in [6.07, 6.45) is 3.21. The Labute approximate surface area is 118 Å². The maximum absolute atomic E-state index is 10.4. The van der Waals surface area contributed by atoms with Crippen molar-refractivity contribution in [2.45, 2.75) is 25.3 Å². The van der Waals surface area contributed by atoms with Crippen molar-refractivity contribution in [3.05, 3.63) is 42.0 Å². The summed E-state index contributed by atoms with van der Waals surface area (Å²) in [5, 5.41) is 12.8. The minimum absolute atomic E-state index is 0.278. The van der Waals surface area contributed by atoms with Crippen LogP contribution in [0.3, 0.4) is 0 Å². The Bertz CT molecular complexity index is 692. The predicted octanol–water partition coefficient (Wildman–Crippen LogP) is 3.48. The highest BCUT2D eigenvalue weighted by atomic mass is 16.3. The largest absolute Gasteiger partial charge is 0.508 e. The molecule has 1 atom stereocenters. The molecule has 102 valence electrons.